The number of hydrogen-bond acceptors (Lipinski definition) is 5. The molecule has 1 aromatic carbocycles. The maximum absolute atomic E-state index is 5.59. The number of furan rings is 1. The van der Waals surface area contributed by atoms with E-state index in [1.807, 2.05) is 23.0 Å². The lowest BCUT2D eigenvalue weighted by Crippen LogP contribution is -2.41. The van der Waals surface area contributed by atoms with Crippen LogP contribution < -0.4 is 0 Å². The Morgan fingerprint density at radius 3 is 2.71 bits per heavy atom. The average molecular weight is 380 g/mol. The smallest absolute Gasteiger partial charge is 0.117 e. The first-order valence-corrected chi connectivity index (χ1v) is 9.92. The van der Waals surface area contributed by atoms with Crippen molar-refractivity contribution < 1.29 is 9.15 Å². The first kappa shape index (κ1) is 18.9. The molecule has 3 heterocycles. The van der Waals surface area contributed by atoms with E-state index in [4.69, 9.17) is 9.15 Å². The lowest BCUT2D eigenvalue weighted by Gasteiger charge is -2.29. The fraction of sp³-hybridized carbons (Fsp3) is 0.409. The highest BCUT2D eigenvalue weighted by Gasteiger charge is 2.15. The highest BCUT2D eigenvalue weighted by atomic mass is 16.5. The van der Waals surface area contributed by atoms with Crippen molar-refractivity contribution in [2.24, 2.45) is 0 Å². The van der Waals surface area contributed by atoms with Crippen LogP contribution in [0.5, 0.6) is 0 Å². The fourth-order valence-corrected chi connectivity index (χ4v) is 3.60. The van der Waals surface area contributed by atoms with Crippen molar-refractivity contribution in [3.05, 3.63) is 71.9 Å². The number of morpholine rings is 1. The van der Waals surface area contributed by atoms with E-state index in [2.05, 4.69) is 52.3 Å². The van der Waals surface area contributed by atoms with Gasteiger partial charge < -0.3 is 9.15 Å². The minimum Gasteiger partial charge on any atom is -0.468 e. The largest absolute Gasteiger partial charge is 0.468 e. The molecule has 0 saturated carbocycles. The lowest BCUT2D eigenvalue weighted by molar-refractivity contribution is 0.0321. The molecule has 6 heteroatoms. The Hall–Kier alpha value is -2.41. The van der Waals surface area contributed by atoms with Crippen LogP contribution in [0, 0.1) is 6.92 Å². The number of para-hydroxylation sites is 1. The molecular formula is C22H28N4O2. The molecule has 0 unspecified atom stereocenters. The molecule has 0 atom stereocenters. The molecule has 0 spiro atoms. The molecule has 6 nitrogen and oxygen atoms in total. The highest BCUT2D eigenvalue weighted by Crippen LogP contribution is 2.15. The second-order valence-electron chi connectivity index (χ2n) is 7.32. The van der Waals surface area contributed by atoms with Gasteiger partial charge in [0.25, 0.3) is 0 Å². The van der Waals surface area contributed by atoms with Gasteiger partial charge >= 0.3 is 0 Å². The summed E-state index contributed by atoms with van der Waals surface area (Å²) >= 11 is 0. The molecule has 2 aromatic heterocycles. The summed E-state index contributed by atoms with van der Waals surface area (Å²) in [6, 6.07) is 12.3. The lowest BCUT2D eigenvalue weighted by atomic mass is 10.2. The summed E-state index contributed by atoms with van der Waals surface area (Å²) in [7, 11) is 0. The Morgan fingerprint density at radius 1 is 1.07 bits per heavy atom. The number of ether oxygens (including phenoxy) is 1. The SMILES string of the molecule is Cc1ccccc1-n1cc(CN(CCN2CCOCC2)Cc2ccco2)cn1. The van der Waals surface area contributed by atoms with Crippen molar-refractivity contribution in [1.82, 2.24) is 19.6 Å². The molecule has 0 aliphatic carbocycles. The number of aromatic nitrogens is 2. The topological polar surface area (TPSA) is 46.7 Å². The summed E-state index contributed by atoms with van der Waals surface area (Å²) in [6.45, 7) is 9.47. The van der Waals surface area contributed by atoms with Crippen LogP contribution in [0.2, 0.25) is 0 Å². The van der Waals surface area contributed by atoms with Crippen molar-refractivity contribution in [2.75, 3.05) is 39.4 Å². The van der Waals surface area contributed by atoms with Crippen LogP contribution in [0.25, 0.3) is 5.69 Å². The third-order valence-corrected chi connectivity index (χ3v) is 5.20. The normalized spacial score (nSPS) is 15.4. The molecule has 0 bridgehead atoms. The first-order valence-electron chi connectivity index (χ1n) is 9.92. The van der Waals surface area contributed by atoms with E-state index in [0.717, 1.165) is 63.9 Å². The van der Waals surface area contributed by atoms with Gasteiger partial charge in [0.1, 0.15) is 5.76 Å². The summed E-state index contributed by atoms with van der Waals surface area (Å²) in [4.78, 5) is 4.89. The van der Waals surface area contributed by atoms with Gasteiger partial charge in [-0.2, -0.15) is 5.10 Å². The summed E-state index contributed by atoms with van der Waals surface area (Å²) in [5.74, 6) is 0.994. The Morgan fingerprint density at radius 2 is 1.93 bits per heavy atom. The van der Waals surface area contributed by atoms with Crippen molar-refractivity contribution in [3.63, 3.8) is 0 Å². The number of benzene rings is 1. The summed E-state index contributed by atoms with van der Waals surface area (Å²) in [5.41, 5.74) is 3.55. The zero-order chi connectivity index (χ0) is 19.2. The number of nitrogens with zero attached hydrogens (tertiary/aromatic N) is 4. The number of aryl methyl sites for hydroxylation is 1. The van der Waals surface area contributed by atoms with Gasteiger partial charge in [-0.15, -0.1) is 0 Å². The van der Waals surface area contributed by atoms with Gasteiger partial charge in [-0.3, -0.25) is 9.80 Å². The van der Waals surface area contributed by atoms with Crippen LogP contribution in [0.4, 0.5) is 0 Å². The molecule has 0 amide bonds. The molecule has 28 heavy (non-hydrogen) atoms. The Kier molecular flexibility index (Phi) is 6.21. The predicted octanol–water partition coefficient (Wildman–Crippen LogP) is 3.11. The molecule has 0 radical (unpaired) electrons. The quantitative estimate of drug-likeness (QED) is 0.601. The Labute approximate surface area is 166 Å². The van der Waals surface area contributed by atoms with E-state index in [0.29, 0.717) is 0 Å². The Bertz CT molecular complexity index is 853. The standard InChI is InChI=1S/C22H28N4O2/c1-19-5-2-3-7-22(19)26-17-20(15-23-26)16-25(18-21-6-4-12-28-21)9-8-24-10-13-27-14-11-24/h2-7,12,15,17H,8-11,13-14,16,18H2,1H3. The van der Waals surface area contributed by atoms with E-state index in [9.17, 15) is 0 Å². The zero-order valence-corrected chi connectivity index (χ0v) is 16.5. The zero-order valence-electron chi connectivity index (χ0n) is 16.5. The van der Waals surface area contributed by atoms with Crippen molar-refractivity contribution >= 4 is 0 Å². The molecule has 1 saturated heterocycles. The molecule has 3 aromatic rings. The van der Waals surface area contributed by atoms with Crippen LogP contribution in [-0.4, -0.2) is 59.0 Å². The number of rotatable bonds is 8. The minimum atomic E-state index is 0.798. The van der Waals surface area contributed by atoms with Crippen molar-refractivity contribution in [2.45, 2.75) is 20.0 Å². The minimum absolute atomic E-state index is 0.798. The predicted molar refractivity (Wildman–Crippen MR) is 108 cm³/mol. The molecule has 1 aliphatic rings. The van der Waals surface area contributed by atoms with Gasteiger partial charge in [0.05, 0.1) is 37.9 Å². The van der Waals surface area contributed by atoms with Gasteiger partial charge in [0.15, 0.2) is 0 Å². The van der Waals surface area contributed by atoms with Gasteiger partial charge in [-0.1, -0.05) is 18.2 Å². The third-order valence-electron chi connectivity index (χ3n) is 5.20. The maximum Gasteiger partial charge on any atom is 0.117 e. The second-order valence-corrected chi connectivity index (χ2v) is 7.32. The Balaban J connectivity index is 1.43. The van der Waals surface area contributed by atoms with Crippen LogP contribution in [0.15, 0.2) is 59.5 Å². The van der Waals surface area contributed by atoms with E-state index >= 15 is 0 Å². The second kappa shape index (κ2) is 9.19. The maximum atomic E-state index is 5.59. The van der Waals surface area contributed by atoms with Crippen molar-refractivity contribution in [3.8, 4) is 5.69 Å². The van der Waals surface area contributed by atoms with Crippen LogP contribution in [0.1, 0.15) is 16.9 Å². The number of hydrogen-bond donors (Lipinski definition) is 0. The van der Waals surface area contributed by atoms with Gasteiger partial charge in [-0.25, -0.2) is 4.68 Å². The molecule has 1 fully saturated rings. The van der Waals surface area contributed by atoms with Gasteiger partial charge in [0, 0.05) is 44.5 Å². The van der Waals surface area contributed by atoms with Crippen LogP contribution in [0.3, 0.4) is 0 Å². The molecule has 148 valence electrons. The first-order chi connectivity index (χ1) is 13.8. The summed E-state index contributed by atoms with van der Waals surface area (Å²) in [6.07, 6.45) is 5.84. The van der Waals surface area contributed by atoms with Gasteiger partial charge in [0.2, 0.25) is 0 Å². The van der Waals surface area contributed by atoms with Crippen molar-refractivity contribution in [1.29, 1.82) is 0 Å². The fourth-order valence-electron chi connectivity index (χ4n) is 3.60. The van der Waals surface area contributed by atoms with Crippen LogP contribution in [-0.2, 0) is 17.8 Å². The van der Waals surface area contributed by atoms with E-state index in [-0.39, 0.29) is 0 Å². The van der Waals surface area contributed by atoms with E-state index in [1.165, 1.54) is 11.1 Å². The molecular weight excluding hydrogens is 352 g/mol. The summed E-state index contributed by atoms with van der Waals surface area (Å²) < 4.78 is 13.0. The highest BCUT2D eigenvalue weighted by molar-refractivity contribution is 5.39. The molecule has 4 rings (SSSR count). The monoisotopic (exact) mass is 380 g/mol. The molecule has 0 N–H and O–H groups in total. The molecule has 1 aliphatic heterocycles. The van der Waals surface area contributed by atoms with E-state index < -0.39 is 0 Å². The van der Waals surface area contributed by atoms with E-state index in [1.54, 1.807) is 6.26 Å². The third kappa shape index (κ3) is 4.90. The van der Waals surface area contributed by atoms with Gasteiger partial charge in [-0.05, 0) is 30.7 Å². The average Bonchev–Trinajstić information content (AvgIpc) is 3.40. The van der Waals surface area contributed by atoms with Crippen LogP contribution >= 0.6 is 0 Å². The summed E-state index contributed by atoms with van der Waals surface area (Å²) in [5, 5.41) is 4.59.